The van der Waals surface area contributed by atoms with Crippen LogP contribution in [0.25, 0.3) is 11.3 Å². The fourth-order valence-corrected chi connectivity index (χ4v) is 3.15. The Hall–Kier alpha value is -2.54. The zero-order chi connectivity index (χ0) is 18.6. The van der Waals surface area contributed by atoms with Crippen molar-refractivity contribution in [3.8, 4) is 17.0 Å². The maximum atomic E-state index is 12.8. The van der Waals surface area contributed by atoms with E-state index in [0.29, 0.717) is 27.8 Å². The number of methoxy groups -OCH3 is 1. The van der Waals surface area contributed by atoms with Crippen LogP contribution in [0.4, 0.5) is 13.2 Å². The summed E-state index contributed by atoms with van der Waals surface area (Å²) in [4.78, 5) is 0. The van der Waals surface area contributed by atoms with Crippen molar-refractivity contribution in [1.82, 2.24) is 10.2 Å². The van der Waals surface area contributed by atoms with Crippen molar-refractivity contribution in [1.29, 1.82) is 0 Å². The van der Waals surface area contributed by atoms with Crippen LogP contribution in [0.15, 0.2) is 65.7 Å². The number of thioether (sulfide) groups is 1. The molecule has 3 nitrogen and oxygen atoms in total. The molecule has 0 atom stereocenters. The van der Waals surface area contributed by atoms with E-state index in [4.69, 9.17) is 4.74 Å². The van der Waals surface area contributed by atoms with Gasteiger partial charge < -0.3 is 4.74 Å². The van der Waals surface area contributed by atoms with E-state index >= 15 is 0 Å². The standard InChI is InChI=1S/C19H15F3N2OS/c1-25-17-8-3-2-7-15(17)16-9-10-18(24-23-16)26-12-13-5-4-6-14(11-13)19(20,21)22/h2-11H,12H2,1H3. The van der Waals surface area contributed by atoms with Crippen molar-refractivity contribution < 1.29 is 17.9 Å². The molecule has 134 valence electrons. The van der Waals surface area contributed by atoms with Gasteiger partial charge in [-0.05, 0) is 35.9 Å². The van der Waals surface area contributed by atoms with Crippen LogP contribution in [0.5, 0.6) is 5.75 Å². The topological polar surface area (TPSA) is 35.0 Å². The largest absolute Gasteiger partial charge is 0.496 e. The molecule has 3 rings (SSSR count). The van der Waals surface area contributed by atoms with Crippen molar-refractivity contribution in [2.45, 2.75) is 17.0 Å². The Labute approximate surface area is 153 Å². The second kappa shape index (κ2) is 7.78. The number of nitrogens with zero attached hydrogens (tertiary/aromatic N) is 2. The molecule has 0 saturated carbocycles. The summed E-state index contributed by atoms with van der Waals surface area (Å²) in [5.74, 6) is 1.08. The zero-order valence-corrected chi connectivity index (χ0v) is 14.6. The molecule has 0 bridgehead atoms. The number of benzene rings is 2. The van der Waals surface area contributed by atoms with Gasteiger partial charge in [0.15, 0.2) is 0 Å². The Morgan fingerprint density at radius 3 is 2.46 bits per heavy atom. The third-order valence-electron chi connectivity index (χ3n) is 3.66. The summed E-state index contributed by atoms with van der Waals surface area (Å²) in [5, 5.41) is 8.99. The van der Waals surface area contributed by atoms with E-state index in [1.807, 2.05) is 30.3 Å². The maximum Gasteiger partial charge on any atom is 0.416 e. The predicted octanol–water partition coefficient (Wildman–Crippen LogP) is 5.46. The highest BCUT2D eigenvalue weighted by atomic mass is 32.2. The molecule has 0 aliphatic heterocycles. The number of rotatable bonds is 5. The summed E-state index contributed by atoms with van der Waals surface area (Å²) < 4.78 is 43.6. The van der Waals surface area contributed by atoms with Gasteiger partial charge in [0.25, 0.3) is 0 Å². The lowest BCUT2D eigenvalue weighted by Gasteiger charge is -2.09. The maximum absolute atomic E-state index is 12.8. The monoisotopic (exact) mass is 376 g/mol. The van der Waals surface area contributed by atoms with Gasteiger partial charge in [0, 0.05) is 11.3 Å². The minimum Gasteiger partial charge on any atom is -0.496 e. The minimum absolute atomic E-state index is 0.382. The molecule has 0 fully saturated rings. The molecule has 0 unspecified atom stereocenters. The van der Waals surface area contributed by atoms with Gasteiger partial charge in [-0.1, -0.05) is 42.1 Å². The van der Waals surface area contributed by atoms with Crippen molar-refractivity contribution in [2.75, 3.05) is 7.11 Å². The number of ether oxygens (including phenoxy) is 1. The first-order valence-electron chi connectivity index (χ1n) is 7.73. The van der Waals surface area contributed by atoms with E-state index < -0.39 is 11.7 Å². The number of hydrogen-bond donors (Lipinski definition) is 0. The van der Waals surface area contributed by atoms with Crippen molar-refractivity contribution in [2.24, 2.45) is 0 Å². The van der Waals surface area contributed by atoms with Crippen LogP contribution in [0, 0.1) is 0 Å². The molecule has 1 heterocycles. The highest BCUT2D eigenvalue weighted by Gasteiger charge is 2.30. The van der Waals surface area contributed by atoms with E-state index in [1.54, 1.807) is 19.2 Å². The lowest BCUT2D eigenvalue weighted by molar-refractivity contribution is -0.137. The van der Waals surface area contributed by atoms with Crippen LogP contribution < -0.4 is 4.74 Å². The van der Waals surface area contributed by atoms with Gasteiger partial charge in [0.05, 0.1) is 18.4 Å². The molecule has 0 N–H and O–H groups in total. The van der Waals surface area contributed by atoms with Crippen LogP contribution in [-0.2, 0) is 11.9 Å². The van der Waals surface area contributed by atoms with Crippen molar-refractivity contribution in [3.05, 3.63) is 71.8 Å². The molecular weight excluding hydrogens is 361 g/mol. The van der Waals surface area contributed by atoms with E-state index in [1.165, 1.54) is 17.8 Å². The molecule has 2 aromatic carbocycles. The molecule has 0 aliphatic carbocycles. The molecule has 0 aliphatic rings. The van der Waals surface area contributed by atoms with Gasteiger partial charge in [0.2, 0.25) is 0 Å². The average molecular weight is 376 g/mol. The Morgan fingerprint density at radius 1 is 0.962 bits per heavy atom. The summed E-state index contributed by atoms with van der Waals surface area (Å²) in [6, 6.07) is 16.4. The van der Waals surface area contributed by atoms with Crippen LogP contribution in [-0.4, -0.2) is 17.3 Å². The highest BCUT2D eigenvalue weighted by Crippen LogP contribution is 2.32. The quantitative estimate of drug-likeness (QED) is 0.554. The fourth-order valence-electron chi connectivity index (χ4n) is 2.39. The van der Waals surface area contributed by atoms with Crippen molar-refractivity contribution >= 4 is 11.8 Å². The Balaban J connectivity index is 1.71. The van der Waals surface area contributed by atoms with Gasteiger partial charge in [0.1, 0.15) is 10.8 Å². The Kier molecular flexibility index (Phi) is 5.46. The lowest BCUT2D eigenvalue weighted by atomic mass is 10.1. The summed E-state index contributed by atoms with van der Waals surface area (Å²) in [5.41, 5.74) is 1.44. The first-order chi connectivity index (χ1) is 12.5. The van der Waals surface area contributed by atoms with Crippen LogP contribution >= 0.6 is 11.8 Å². The third kappa shape index (κ3) is 4.35. The molecule has 0 amide bonds. The minimum atomic E-state index is -4.34. The van der Waals surface area contributed by atoms with Crippen LogP contribution in [0.1, 0.15) is 11.1 Å². The lowest BCUT2D eigenvalue weighted by Crippen LogP contribution is -2.04. The summed E-state index contributed by atoms with van der Waals surface area (Å²) in [6.45, 7) is 0. The number of para-hydroxylation sites is 1. The number of aromatic nitrogens is 2. The van der Waals surface area contributed by atoms with E-state index in [-0.39, 0.29) is 0 Å². The third-order valence-corrected chi connectivity index (χ3v) is 4.66. The Morgan fingerprint density at radius 2 is 1.77 bits per heavy atom. The van der Waals surface area contributed by atoms with Gasteiger partial charge in [-0.25, -0.2) is 0 Å². The van der Waals surface area contributed by atoms with Crippen LogP contribution in [0.3, 0.4) is 0 Å². The van der Waals surface area contributed by atoms with Gasteiger partial charge in [-0.2, -0.15) is 13.2 Å². The number of halogens is 3. The second-order valence-corrected chi connectivity index (χ2v) is 6.44. The second-order valence-electron chi connectivity index (χ2n) is 5.44. The normalized spacial score (nSPS) is 11.4. The summed E-state index contributed by atoms with van der Waals surface area (Å²) in [7, 11) is 1.59. The fraction of sp³-hybridized carbons (Fsp3) is 0.158. The molecule has 26 heavy (non-hydrogen) atoms. The van der Waals surface area contributed by atoms with E-state index in [0.717, 1.165) is 17.7 Å². The number of alkyl halides is 3. The molecule has 0 spiro atoms. The van der Waals surface area contributed by atoms with Gasteiger partial charge in [-0.15, -0.1) is 10.2 Å². The zero-order valence-electron chi connectivity index (χ0n) is 13.8. The molecule has 1 aromatic heterocycles. The SMILES string of the molecule is COc1ccccc1-c1ccc(SCc2cccc(C(F)(F)F)c2)nn1. The predicted molar refractivity (Wildman–Crippen MR) is 95.0 cm³/mol. The van der Waals surface area contributed by atoms with Crippen LogP contribution in [0.2, 0.25) is 0 Å². The summed E-state index contributed by atoms with van der Waals surface area (Å²) in [6.07, 6.45) is -4.34. The van der Waals surface area contributed by atoms with Crippen molar-refractivity contribution in [3.63, 3.8) is 0 Å². The molecule has 7 heteroatoms. The molecule has 0 saturated heterocycles. The van der Waals surface area contributed by atoms with E-state index in [9.17, 15) is 13.2 Å². The first-order valence-corrected chi connectivity index (χ1v) is 8.72. The van der Waals surface area contributed by atoms with Gasteiger partial charge in [-0.3, -0.25) is 0 Å². The average Bonchev–Trinajstić information content (AvgIpc) is 2.66. The highest BCUT2D eigenvalue weighted by molar-refractivity contribution is 7.98. The first kappa shape index (κ1) is 18.3. The van der Waals surface area contributed by atoms with Gasteiger partial charge >= 0.3 is 6.18 Å². The smallest absolute Gasteiger partial charge is 0.416 e. The molecule has 3 aromatic rings. The Bertz CT molecular complexity index is 882. The molecule has 0 radical (unpaired) electrons. The number of hydrogen-bond acceptors (Lipinski definition) is 4. The summed E-state index contributed by atoms with van der Waals surface area (Å²) >= 11 is 1.33. The molecular formula is C19H15F3N2OS. The van der Waals surface area contributed by atoms with E-state index in [2.05, 4.69) is 10.2 Å².